The molecule has 1 heterocycles. The highest BCUT2D eigenvalue weighted by Gasteiger charge is 2.44. The van der Waals surface area contributed by atoms with E-state index in [9.17, 15) is 22.0 Å². The standard InChI is InChI=1S/C32H24F6N2O/c1-2-23(31-11-10-20(16-31)18-40-31)5-3-4-19-6-9-25(27(34)12-19)22-13-28(35)30(29(36)14-22)32(37,38)41-24-8-7-21(17-39)26(33)15-24/h2-3,5-9,12-15,18,20H,4,10-11,16H2,1H3/b5-3-,23-2+/t20?,31-/m0/s1. The first-order chi connectivity index (χ1) is 19.5. The number of halogens is 6. The van der Waals surface area contributed by atoms with Crippen molar-refractivity contribution in [3.8, 4) is 22.9 Å². The van der Waals surface area contributed by atoms with Gasteiger partial charge in [-0.05, 0) is 85.6 Å². The Hall–Kier alpha value is -4.32. The fourth-order valence-electron chi connectivity index (χ4n) is 5.51. The lowest BCUT2D eigenvalue weighted by Gasteiger charge is -2.24. The number of rotatable bonds is 8. The largest absolute Gasteiger partial charge is 0.432 e. The molecular weight excluding hydrogens is 542 g/mol. The van der Waals surface area contributed by atoms with Crippen LogP contribution < -0.4 is 4.74 Å². The summed E-state index contributed by atoms with van der Waals surface area (Å²) in [5, 5.41) is 8.76. The highest BCUT2D eigenvalue weighted by Crippen LogP contribution is 2.46. The lowest BCUT2D eigenvalue weighted by atomic mass is 9.88. The Bertz CT molecular complexity index is 1610. The Kier molecular flexibility index (Phi) is 7.52. The van der Waals surface area contributed by atoms with Crippen LogP contribution in [0.5, 0.6) is 5.75 Å². The molecule has 0 aromatic heterocycles. The van der Waals surface area contributed by atoms with Gasteiger partial charge >= 0.3 is 6.11 Å². The Morgan fingerprint density at radius 3 is 2.37 bits per heavy atom. The molecule has 1 aliphatic heterocycles. The number of allylic oxidation sites excluding steroid dienone is 2. The number of ether oxygens (including phenoxy) is 1. The van der Waals surface area contributed by atoms with Gasteiger partial charge in [0, 0.05) is 17.8 Å². The molecule has 3 aromatic rings. The van der Waals surface area contributed by atoms with Crippen molar-refractivity contribution in [2.24, 2.45) is 10.9 Å². The van der Waals surface area contributed by atoms with Crippen molar-refractivity contribution in [3.63, 3.8) is 0 Å². The average molecular weight is 567 g/mol. The topological polar surface area (TPSA) is 45.4 Å². The predicted octanol–water partition coefficient (Wildman–Crippen LogP) is 8.58. The van der Waals surface area contributed by atoms with Gasteiger partial charge in [0.25, 0.3) is 0 Å². The second-order valence-electron chi connectivity index (χ2n) is 10.2. The van der Waals surface area contributed by atoms with Crippen LogP contribution in [-0.4, -0.2) is 11.8 Å². The predicted molar refractivity (Wildman–Crippen MR) is 143 cm³/mol. The lowest BCUT2D eigenvalue weighted by molar-refractivity contribution is -0.189. The molecule has 210 valence electrons. The third kappa shape index (κ3) is 5.51. The first-order valence-corrected chi connectivity index (χ1v) is 13.0. The minimum atomic E-state index is -4.53. The molecule has 2 atom stereocenters. The smallest absolute Gasteiger partial charge is 0.429 e. The highest BCUT2D eigenvalue weighted by atomic mass is 19.3. The highest BCUT2D eigenvalue weighted by molar-refractivity contribution is 5.68. The van der Waals surface area contributed by atoms with E-state index < -0.39 is 46.3 Å². The second kappa shape index (κ2) is 10.9. The third-order valence-corrected chi connectivity index (χ3v) is 7.55. The molecule has 9 heteroatoms. The summed E-state index contributed by atoms with van der Waals surface area (Å²) in [5.74, 6) is -5.48. The van der Waals surface area contributed by atoms with Gasteiger partial charge in [0.2, 0.25) is 0 Å². The van der Waals surface area contributed by atoms with Crippen molar-refractivity contribution in [3.05, 3.63) is 112 Å². The maximum absolute atomic E-state index is 15.0. The van der Waals surface area contributed by atoms with E-state index in [2.05, 4.69) is 4.74 Å². The number of aliphatic imine (C=N–C) groups is 1. The van der Waals surface area contributed by atoms with Gasteiger partial charge in [-0.1, -0.05) is 30.4 Å². The summed E-state index contributed by atoms with van der Waals surface area (Å²) >= 11 is 0. The molecule has 1 unspecified atom stereocenters. The number of nitriles is 1. The van der Waals surface area contributed by atoms with E-state index in [1.807, 2.05) is 31.4 Å². The van der Waals surface area contributed by atoms with E-state index in [4.69, 9.17) is 10.3 Å². The molecule has 5 rings (SSSR count). The van der Waals surface area contributed by atoms with Gasteiger partial charge in [-0.15, -0.1) is 0 Å². The number of benzene rings is 3. The van der Waals surface area contributed by atoms with Crippen molar-refractivity contribution in [1.29, 1.82) is 5.26 Å². The van der Waals surface area contributed by atoms with Crippen LogP contribution >= 0.6 is 0 Å². The Labute approximate surface area is 233 Å². The molecule has 3 nitrogen and oxygen atoms in total. The van der Waals surface area contributed by atoms with Crippen LogP contribution in [0, 0.1) is 40.5 Å². The van der Waals surface area contributed by atoms with Gasteiger partial charge in [0.05, 0.1) is 11.1 Å². The van der Waals surface area contributed by atoms with Crippen molar-refractivity contribution in [2.75, 3.05) is 0 Å². The van der Waals surface area contributed by atoms with Gasteiger partial charge in [0.15, 0.2) is 0 Å². The minimum absolute atomic E-state index is 0.175. The second-order valence-corrected chi connectivity index (χ2v) is 10.2. The van der Waals surface area contributed by atoms with Crippen molar-refractivity contribution < 1.29 is 31.1 Å². The number of fused-ring (bicyclic) bond motifs is 2. The molecule has 0 N–H and O–H groups in total. The van der Waals surface area contributed by atoms with Crippen molar-refractivity contribution in [2.45, 2.75) is 44.3 Å². The van der Waals surface area contributed by atoms with Crippen LogP contribution in [0.15, 0.2) is 77.3 Å². The summed E-state index contributed by atoms with van der Waals surface area (Å²) in [6, 6.07) is 9.12. The summed E-state index contributed by atoms with van der Waals surface area (Å²) in [5.41, 5.74) is -1.04. The first-order valence-electron chi connectivity index (χ1n) is 13.0. The van der Waals surface area contributed by atoms with Gasteiger partial charge in [-0.2, -0.15) is 14.0 Å². The molecule has 1 saturated carbocycles. The molecule has 1 fully saturated rings. The van der Waals surface area contributed by atoms with E-state index in [1.165, 1.54) is 18.2 Å². The number of hydrogen-bond donors (Lipinski definition) is 0. The molecule has 0 amide bonds. The number of alkyl halides is 2. The van der Waals surface area contributed by atoms with Crippen LogP contribution in [0.25, 0.3) is 11.1 Å². The van der Waals surface area contributed by atoms with Crippen LogP contribution in [0.4, 0.5) is 26.3 Å². The molecule has 0 radical (unpaired) electrons. The van der Waals surface area contributed by atoms with Crippen LogP contribution in [-0.2, 0) is 12.5 Å². The van der Waals surface area contributed by atoms with Crippen LogP contribution in [0.1, 0.15) is 42.9 Å². The maximum atomic E-state index is 15.0. The van der Waals surface area contributed by atoms with Gasteiger partial charge in [-0.25, -0.2) is 17.6 Å². The Morgan fingerprint density at radius 2 is 1.80 bits per heavy atom. The molecular formula is C32H24F6N2O. The van der Waals surface area contributed by atoms with E-state index in [0.29, 0.717) is 36.1 Å². The van der Waals surface area contributed by atoms with E-state index >= 15 is 4.39 Å². The van der Waals surface area contributed by atoms with E-state index in [1.54, 1.807) is 6.07 Å². The first kappa shape index (κ1) is 28.2. The zero-order valence-corrected chi connectivity index (χ0v) is 21.9. The summed E-state index contributed by atoms with van der Waals surface area (Å²) in [6.45, 7) is 1.96. The fourth-order valence-corrected chi connectivity index (χ4v) is 5.51. The normalized spacial score (nSPS) is 20.1. The SMILES string of the molecule is C/C=C(\C=C/Cc1ccc(-c2cc(F)c(C(F)(F)Oc3ccc(C#N)c(F)c3)c(F)c2)c(F)c1)[C@@]12CCC(C=N1)C2. The Balaban J connectivity index is 1.33. The van der Waals surface area contributed by atoms with E-state index in [-0.39, 0.29) is 16.7 Å². The molecule has 2 aliphatic rings. The Morgan fingerprint density at radius 1 is 1.05 bits per heavy atom. The van der Waals surface area contributed by atoms with Crippen molar-refractivity contribution >= 4 is 6.21 Å². The third-order valence-electron chi connectivity index (χ3n) is 7.55. The maximum Gasteiger partial charge on any atom is 0.432 e. The molecule has 3 aromatic carbocycles. The number of hydrogen-bond acceptors (Lipinski definition) is 3. The fraction of sp³-hybridized carbons (Fsp3) is 0.250. The zero-order valence-electron chi connectivity index (χ0n) is 21.9. The summed E-state index contributed by atoms with van der Waals surface area (Å²) in [6.07, 6.45) is 6.95. The number of nitrogens with zero attached hydrogens (tertiary/aromatic N) is 2. The quantitative estimate of drug-likeness (QED) is 0.203. The van der Waals surface area contributed by atoms with Crippen LogP contribution in [0.2, 0.25) is 0 Å². The zero-order chi connectivity index (χ0) is 29.4. The van der Waals surface area contributed by atoms with Crippen molar-refractivity contribution in [1.82, 2.24) is 0 Å². The molecule has 1 aliphatic carbocycles. The van der Waals surface area contributed by atoms with Crippen LogP contribution in [0.3, 0.4) is 0 Å². The van der Waals surface area contributed by atoms with Gasteiger partial charge in [0.1, 0.15) is 40.7 Å². The summed E-state index contributed by atoms with van der Waals surface area (Å²) in [4.78, 5) is 4.71. The average Bonchev–Trinajstić information content (AvgIpc) is 3.53. The molecule has 0 saturated heterocycles. The monoisotopic (exact) mass is 566 g/mol. The summed E-state index contributed by atoms with van der Waals surface area (Å²) < 4.78 is 92.2. The van der Waals surface area contributed by atoms with E-state index in [0.717, 1.165) is 37.0 Å². The lowest BCUT2D eigenvalue weighted by Crippen LogP contribution is -2.25. The summed E-state index contributed by atoms with van der Waals surface area (Å²) in [7, 11) is 0. The molecule has 2 bridgehead atoms. The molecule has 0 spiro atoms. The van der Waals surface area contributed by atoms with Gasteiger partial charge < -0.3 is 4.74 Å². The minimum Gasteiger partial charge on any atom is -0.429 e. The molecule has 41 heavy (non-hydrogen) atoms. The van der Waals surface area contributed by atoms with Gasteiger partial charge in [-0.3, -0.25) is 4.99 Å².